The molecule has 3 N–H and O–H groups in total. The van der Waals surface area contributed by atoms with Crippen LogP contribution in [0.3, 0.4) is 0 Å². The van der Waals surface area contributed by atoms with E-state index in [2.05, 4.69) is 20.9 Å². The van der Waals surface area contributed by atoms with Gasteiger partial charge in [-0.1, -0.05) is 6.92 Å². The van der Waals surface area contributed by atoms with Crippen LogP contribution in [0, 0.1) is 13.8 Å². The summed E-state index contributed by atoms with van der Waals surface area (Å²) in [5.74, 6) is -0.180. The summed E-state index contributed by atoms with van der Waals surface area (Å²) in [7, 11) is 0. The Kier molecular flexibility index (Phi) is 6.61. The number of amides is 3. The molecule has 2 atom stereocenters. The number of aromatic nitrogens is 1. The average molecular weight is 312 g/mol. The standard InChI is InChI=1S/C14H24N4O2S/c1-6-8(2)16-13(19)10(4)18-14(20)15-7-12-17-9(3)11(5)21-12/h8,10H,6-7H2,1-5H3,(H,16,19)(H2,15,18,20)/t8-,10+/m1/s1. The van der Waals surface area contributed by atoms with Crippen molar-refractivity contribution in [1.82, 2.24) is 20.9 Å². The quantitative estimate of drug-likeness (QED) is 0.750. The normalized spacial score (nSPS) is 13.4. The summed E-state index contributed by atoms with van der Waals surface area (Å²) in [5, 5.41) is 9.01. The summed E-state index contributed by atoms with van der Waals surface area (Å²) < 4.78 is 0. The van der Waals surface area contributed by atoms with Gasteiger partial charge < -0.3 is 16.0 Å². The molecule has 6 nitrogen and oxygen atoms in total. The fourth-order valence-corrected chi connectivity index (χ4v) is 2.43. The van der Waals surface area contributed by atoms with Gasteiger partial charge in [-0.25, -0.2) is 9.78 Å². The number of hydrogen-bond acceptors (Lipinski definition) is 4. The van der Waals surface area contributed by atoms with Crippen LogP contribution in [-0.2, 0) is 11.3 Å². The molecule has 0 aliphatic carbocycles. The van der Waals surface area contributed by atoms with E-state index in [1.165, 1.54) is 0 Å². The number of thiazole rings is 1. The lowest BCUT2D eigenvalue weighted by Gasteiger charge is -2.17. The first-order chi connectivity index (χ1) is 9.83. The molecule has 0 fully saturated rings. The van der Waals surface area contributed by atoms with Gasteiger partial charge in [-0.2, -0.15) is 0 Å². The van der Waals surface area contributed by atoms with E-state index < -0.39 is 6.04 Å². The molecular weight excluding hydrogens is 288 g/mol. The molecule has 118 valence electrons. The first-order valence-electron chi connectivity index (χ1n) is 7.11. The molecule has 0 unspecified atom stereocenters. The van der Waals surface area contributed by atoms with Gasteiger partial charge in [0.25, 0.3) is 0 Å². The molecule has 1 aromatic heterocycles. The lowest BCUT2D eigenvalue weighted by Crippen LogP contribution is -2.49. The van der Waals surface area contributed by atoms with Gasteiger partial charge in [-0.15, -0.1) is 11.3 Å². The fourth-order valence-electron chi connectivity index (χ4n) is 1.55. The highest BCUT2D eigenvalue weighted by Crippen LogP contribution is 2.15. The fraction of sp³-hybridized carbons (Fsp3) is 0.643. The van der Waals surface area contributed by atoms with Gasteiger partial charge in [-0.3, -0.25) is 4.79 Å². The van der Waals surface area contributed by atoms with Crippen LogP contribution < -0.4 is 16.0 Å². The number of carbonyl (C=O) groups excluding carboxylic acids is 2. The number of nitrogens with zero attached hydrogens (tertiary/aromatic N) is 1. The average Bonchev–Trinajstić information content (AvgIpc) is 2.75. The zero-order valence-corrected chi connectivity index (χ0v) is 14.1. The first-order valence-corrected chi connectivity index (χ1v) is 7.92. The van der Waals surface area contributed by atoms with Crippen molar-refractivity contribution in [2.24, 2.45) is 0 Å². The molecule has 7 heteroatoms. The summed E-state index contributed by atoms with van der Waals surface area (Å²) in [6.07, 6.45) is 0.855. The molecule has 1 heterocycles. The second-order valence-electron chi connectivity index (χ2n) is 5.12. The molecule has 1 rings (SSSR count). The number of nitrogens with one attached hydrogen (secondary N) is 3. The maximum atomic E-state index is 11.8. The minimum Gasteiger partial charge on any atom is -0.352 e. The Morgan fingerprint density at radius 2 is 1.90 bits per heavy atom. The second-order valence-corrected chi connectivity index (χ2v) is 6.40. The Bertz CT molecular complexity index is 482. The monoisotopic (exact) mass is 312 g/mol. The van der Waals surface area contributed by atoms with Crippen molar-refractivity contribution in [2.45, 2.75) is 59.7 Å². The van der Waals surface area contributed by atoms with Crippen LogP contribution >= 0.6 is 11.3 Å². The summed E-state index contributed by atoms with van der Waals surface area (Å²) in [6.45, 7) is 9.89. The maximum Gasteiger partial charge on any atom is 0.315 e. The highest BCUT2D eigenvalue weighted by atomic mass is 32.1. The van der Waals surface area contributed by atoms with Gasteiger partial charge in [0.15, 0.2) is 0 Å². The summed E-state index contributed by atoms with van der Waals surface area (Å²) >= 11 is 1.56. The number of hydrogen-bond donors (Lipinski definition) is 3. The van der Waals surface area contributed by atoms with Gasteiger partial charge in [-0.05, 0) is 34.1 Å². The third-order valence-corrected chi connectivity index (χ3v) is 4.29. The highest BCUT2D eigenvalue weighted by molar-refractivity contribution is 7.11. The minimum absolute atomic E-state index is 0.103. The van der Waals surface area contributed by atoms with E-state index in [0.717, 1.165) is 22.0 Å². The molecule has 0 bridgehead atoms. The summed E-state index contributed by atoms with van der Waals surface area (Å²) in [5.41, 5.74) is 0.985. The number of carbonyl (C=O) groups is 2. The van der Waals surface area contributed by atoms with Gasteiger partial charge in [0.2, 0.25) is 5.91 Å². The predicted molar refractivity (Wildman–Crippen MR) is 84.3 cm³/mol. The van der Waals surface area contributed by atoms with E-state index in [1.807, 2.05) is 27.7 Å². The summed E-state index contributed by atoms with van der Waals surface area (Å²) in [4.78, 5) is 29.0. The first kappa shape index (κ1) is 17.4. The smallest absolute Gasteiger partial charge is 0.315 e. The van der Waals surface area contributed by atoms with Crippen LogP contribution in [0.15, 0.2) is 0 Å². The predicted octanol–water partition coefficient (Wildman–Crippen LogP) is 1.86. The highest BCUT2D eigenvalue weighted by Gasteiger charge is 2.16. The number of rotatable bonds is 6. The van der Waals surface area contributed by atoms with Gasteiger partial charge in [0.1, 0.15) is 11.0 Å². The van der Waals surface area contributed by atoms with E-state index in [9.17, 15) is 9.59 Å². The van der Waals surface area contributed by atoms with E-state index in [1.54, 1.807) is 18.3 Å². The molecule has 0 spiro atoms. The van der Waals surface area contributed by atoms with E-state index >= 15 is 0 Å². The van der Waals surface area contributed by atoms with Gasteiger partial charge in [0, 0.05) is 10.9 Å². The Morgan fingerprint density at radius 3 is 2.43 bits per heavy atom. The van der Waals surface area contributed by atoms with E-state index in [-0.39, 0.29) is 18.0 Å². The van der Waals surface area contributed by atoms with Crippen molar-refractivity contribution in [3.8, 4) is 0 Å². The van der Waals surface area contributed by atoms with Crippen LogP contribution in [0.1, 0.15) is 42.8 Å². The van der Waals surface area contributed by atoms with Crippen LogP contribution in [0.5, 0.6) is 0 Å². The molecular formula is C14H24N4O2S. The van der Waals surface area contributed by atoms with Crippen molar-refractivity contribution in [3.63, 3.8) is 0 Å². The van der Waals surface area contributed by atoms with Gasteiger partial charge >= 0.3 is 6.03 Å². The van der Waals surface area contributed by atoms with Crippen molar-refractivity contribution < 1.29 is 9.59 Å². The molecule has 0 aliphatic heterocycles. The van der Waals surface area contributed by atoms with Crippen LogP contribution in [0.2, 0.25) is 0 Å². The molecule has 0 saturated heterocycles. The zero-order valence-electron chi connectivity index (χ0n) is 13.2. The van der Waals surface area contributed by atoms with Crippen molar-refractivity contribution in [1.29, 1.82) is 0 Å². The van der Waals surface area contributed by atoms with Gasteiger partial charge in [0.05, 0.1) is 12.2 Å². The molecule has 3 amide bonds. The van der Waals surface area contributed by atoms with Crippen molar-refractivity contribution in [2.75, 3.05) is 0 Å². The number of urea groups is 1. The Balaban J connectivity index is 2.37. The largest absolute Gasteiger partial charge is 0.352 e. The summed E-state index contributed by atoms with van der Waals surface area (Å²) in [6, 6.07) is -0.836. The van der Waals surface area contributed by atoms with Crippen LogP contribution in [0.4, 0.5) is 4.79 Å². The Morgan fingerprint density at radius 1 is 1.24 bits per heavy atom. The Hall–Kier alpha value is -1.63. The molecule has 0 radical (unpaired) electrons. The molecule has 0 aromatic carbocycles. The lowest BCUT2D eigenvalue weighted by molar-refractivity contribution is -0.123. The third-order valence-electron chi connectivity index (χ3n) is 3.21. The van der Waals surface area contributed by atoms with Crippen molar-refractivity contribution in [3.05, 3.63) is 15.6 Å². The topological polar surface area (TPSA) is 83.1 Å². The molecule has 1 aromatic rings. The molecule has 0 aliphatic rings. The number of aryl methyl sites for hydroxylation is 2. The zero-order chi connectivity index (χ0) is 16.0. The van der Waals surface area contributed by atoms with Crippen molar-refractivity contribution >= 4 is 23.3 Å². The SMILES string of the molecule is CC[C@@H](C)NC(=O)[C@H](C)NC(=O)NCc1nc(C)c(C)s1. The molecule has 21 heavy (non-hydrogen) atoms. The maximum absolute atomic E-state index is 11.8. The third kappa shape index (κ3) is 5.71. The minimum atomic E-state index is -0.571. The van der Waals surface area contributed by atoms with E-state index in [4.69, 9.17) is 0 Å². The van der Waals surface area contributed by atoms with E-state index in [0.29, 0.717) is 6.54 Å². The van der Waals surface area contributed by atoms with Crippen LogP contribution in [0.25, 0.3) is 0 Å². The molecule has 0 saturated carbocycles. The van der Waals surface area contributed by atoms with Crippen LogP contribution in [-0.4, -0.2) is 29.0 Å². The second kappa shape index (κ2) is 7.97. The lowest BCUT2D eigenvalue weighted by atomic mass is 10.2. The Labute approximate surface area is 129 Å².